The van der Waals surface area contributed by atoms with Crippen molar-refractivity contribution in [3.8, 4) is 5.75 Å². The number of hydrogen-bond acceptors (Lipinski definition) is 5. The summed E-state index contributed by atoms with van der Waals surface area (Å²) < 4.78 is 11.1. The van der Waals surface area contributed by atoms with Gasteiger partial charge in [-0.2, -0.15) is 0 Å². The Bertz CT molecular complexity index is 1010. The van der Waals surface area contributed by atoms with Gasteiger partial charge in [-0.15, -0.1) is 0 Å². The third kappa shape index (κ3) is 10.1. The molecule has 0 heterocycles. The van der Waals surface area contributed by atoms with E-state index in [4.69, 9.17) is 9.47 Å². The largest absolute Gasteiger partial charge is 0.481 e. The van der Waals surface area contributed by atoms with Crippen LogP contribution in [0.5, 0.6) is 5.75 Å². The van der Waals surface area contributed by atoms with E-state index in [0.29, 0.717) is 18.0 Å². The highest BCUT2D eigenvalue weighted by atomic mass is 16.6. The van der Waals surface area contributed by atoms with Crippen molar-refractivity contribution < 1.29 is 23.9 Å². The van der Waals surface area contributed by atoms with Crippen molar-refractivity contribution in [2.75, 3.05) is 11.9 Å². The number of amides is 3. The summed E-state index contributed by atoms with van der Waals surface area (Å²) in [6.45, 7) is 11.7. The molecule has 0 aromatic heterocycles. The molecule has 0 fully saturated rings. The minimum Gasteiger partial charge on any atom is -0.481 e. The molecular weight excluding hydrogens is 446 g/mol. The van der Waals surface area contributed by atoms with Crippen LogP contribution in [-0.4, -0.2) is 36.2 Å². The molecule has 2 rings (SSSR count). The van der Waals surface area contributed by atoms with Gasteiger partial charge in [-0.1, -0.05) is 44.2 Å². The molecule has 0 aliphatic heterocycles. The van der Waals surface area contributed by atoms with Crippen molar-refractivity contribution in [2.45, 2.75) is 72.1 Å². The van der Waals surface area contributed by atoms with Crippen LogP contribution >= 0.6 is 0 Å². The maximum Gasteiger partial charge on any atom is 0.407 e. The van der Waals surface area contributed by atoms with E-state index >= 15 is 0 Å². The summed E-state index contributed by atoms with van der Waals surface area (Å²) in [5.74, 6) is 0.503. The van der Waals surface area contributed by atoms with E-state index < -0.39 is 17.8 Å². The predicted octanol–water partition coefficient (Wildman–Crippen LogP) is 4.75. The number of nitrogens with one attached hydrogen (secondary N) is 3. The van der Waals surface area contributed by atoms with Gasteiger partial charge in [-0.3, -0.25) is 9.59 Å². The lowest BCUT2D eigenvalue weighted by molar-refractivity contribution is -0.122. The van der Waals surface area contributed by atoms with Gasteiger partial charge in [-0.05, 0) is 62.9 Å². The maximum absolute atomic E-state index is 12.7. The van der Waals surface area contributed by atoms with Gasteiger partial charge in [0.15, 0.2) is 6.10 Å². The minimum atomic E-state index is -0.685. The molecule has 35 heavy (non-hydrogen) atoms. The molecule has 1 atom stereocenters. The van der Waals surface area contributed by atoms with E-state index in [1.54, 1.807) is 45.9 Å². The zero-order valence-electron chi connectivity index (χ0n) is 21.4. The summed E-state index contributed by atoms with van der Waals surface area (Å²) in [5, 5.41) is 8.23. The molecule has 190 valence electrons. The van der Waals surface area contributed by atoms with Gasteiger partial charge in [-0.25, -0.2) is 4.79 Å². The first-order valence-electron chi connectivity index (χ1n) is 11.8. The minimum absolute atomic E-state index is 0.127. The van der Waals surface area contributed by atoms with Gasteiger partial charge in [0.2, 0.25) is 5.91 Å². The van der Waals surface area contributed by atoms with Gasteiger partial charge in [0.05, 0.1) is 0 Å². The second-order valence-corrected chi connectivity index (χ2v) is 9.60. The lowest BCUT2D eigenvalue weighted by Gasteiger charge is -2.19. The van der Waals surface area contributed by atoms with Crippen molar-refractivity contribution in [3.05, 3.63) is 59.7 Å². The second kappa shape index (κ2) is 12.8. The molecule has 0 aliphatic rings. The van der Waals surface area contributed by atoms with Crippen LogP contribution in [-0.2, 0) is 20.9 Å². The summed E-state index contributed by atoms with van der Waals surface area (Å²) in [6.07, 6.45) is -1.11. The molecule has 8 nitrogen and oxygen atoms in total. The van der Waals surface area contributed by atoms with Gasteiger partial charge in [0.1, 0.15) is 11.4 Å². The number of alkyl carbamates (subject to hydrolysis) is 1. The molecule has 0 aliphatic carbocycles. The van der Waals surface area contributed by atoms with E-state index in [2.05, 4.69) is 29.8 Å². The maximum atomic E-state index is 12.7. The number of para-hydroxylation sites is 1. The van der Waals surface area contributed by atoms with Crippen LogP contribution in [0.25, 0.3) is 0 Å². The SMILES string of the molecule is CC(Oc1ccccc1C(C)C)C(=O)Nc1cccc(CNC(=O)CCNC(=O)OC(C)(C)C)c1. The Hall–Kier alpha value is -3.55. The second-order valence-electron chi connectivity index (χ2n) is 9.60. The quantitative estimate of drug-likeness (QED) is 0.452. The molecule has 0 bridgehead atoms. The molecule has 3 amide bonds. The van der Waals surface area contributed by atoms with E-state index in [0.717, 1.165) is 11.1 Å². The van der Waals surface area contributed by atoms with Crippen molar-refractivity contribution in [3.63, 3.8) is 0 Å². The van der Waals surface area contributed by atoms with Gasteiger partial charge in [0, 0.05) is 25.2 Å². The van der Waals surface area contributed by atoms with E-state index in [9.17, 15) is 14.4 Å². The number of anilines is 1. The average molecular weight is 484 g/mol. The Labute approximate surface area is 207 Å². The summed E-state index contributed by atoms with van der Waals surface area (Å²) in [5.41, 5.74) is 1.90. The first-order valence-corrected chi connectivity index (χ1v) is 11.8. The van der Waals surface area contributed by atoms with Crippen molar-refractivity contribution in [1.29, 1.82) is 0 Å². The highest BCUT2D eigenvalue weighted by Gasteiger charge is 2.18. The summed E-state index contributed by atoms with van der Waals surface area (Å²) >= 11 is 0. The van der Waals surface area contributed by atoms with Crippen molar-refractivity contribution in [1.82, 2.24) is 10.6 Å². The number of ether oxygens (including phenoxy) is 2. The van der Waals surface area contributed by atoms with E-state index in [-0.39, 0.29) is 30.7 Å². The Morgan fingerprint density at radius 2 is 1.66 bits per heavy atom. The van der Waals surface area contributed by atoms with E-state index in [1.165, 1.54) is 0 Å². The molecule has 2 aromatic carbocycles. The summed E-state index contributed by atoms with van der Waals surface area (Å²) in [6, 6.07) is 14.9. The fraction of sp³-hybridized carbons (Fsp3) is 0.444. The van der Waals surface area contributed by atoms with Gasteiger partial charge >= 0.3 is 6.09 Å². The molecular formula is C27H37N3O5. The molecule has 0 saturated carbocycles. The predicted molar refractivity (Wildman–Crippen MR) is 136 cm³/mol. The normalized spacial score (nSPS) is 12.0. The fourth-order valence-corrected chi connectivity index (χ4v) is 3.19. The molecule has 3 N–H and O–H groups in total. The molecule has 2 aromatic rings. The molecule has 0 saturated heterocycles. The highest BCUT2D eigenvalue weighted by molar-refractivity contribution is 5.94. The monoisotopic (exact) mass is 483 g/mol. The topological polar surface area (TPSA) is 106 Å². The Balaban J connectivity index is 1.82. The first kappa shape index (κ1) is 27.7. The van der Waals surface area contributed by atoms with Crippen LogP contribution in [0.1, 0.15) is 65.0 Å². The summed E-state index contributed by atoms with van der Waals surface area (Å²) in [7, 11) is 0. The lowest BCUT2D eigenvalue weighted by Crippen LogP contribution is -2.35. The number of carbonyl (C=O) groups is 3. The number of benzene rings is 2. The fourth-order valence-electron chi connectivity index (χ4n) is 3.19. The molecule has 1 unspecified atom stereocenters. The van der Waals surface area contributed by atoms with Gasteiger partial charge < -0.3 is 25.4 Å². The van der Waals surface area contributed by atoms with Crippen LogP contribution in [0.2, 0.25) is 0 Å². The Morgan fingerprint density at radius 3 is 2.34 bits per heavy atom. The van der Waals surface area contributed by atoms with Gasteiger partial charge in [0.25, 0.3) is 5.91 Å². The zero-order valence-corrected chi connectivity index (χ0v) is 21.4. The van der Waals surface area contributed by atoms with Crippen LogP contribution in [0.4, 0.5) is 10.5 Å². The molecule has 0 spiro atoms. The van der Waals surface area contributed by atoms with Crippen LogP contribution in [0.15, 0.2) is 48.5 Å². The lowest BCUT2D eigenvalue weighted by atomic mass is 10.0. The van der Waals surface area contributed by atoms with Crippen molar-refractivity contribution >= 4 is 23.6 Å². The molecule has 0 radical (unpaired) electrons. The number of rotatable bonds is 10. The third-order valence-electron chi connectivity index (χ3n) is 4.92. The first-order chi connectivity index (χ1) is 16.4. The Morgan fingerprint density at radius 1 is 0.943 bits per heavy atom. The third-order valence-corrected chi connectivity index (χ3v) is 4.92. The van der Waals surface area contributed by atoms with Crippen LogP contribution in [0.3, 0.4) is 0 Å². The summed E-state index contributed by atoms with van der Waals surface area (Å²) in [4.78, 5) is 36.4. The number of hydrogen-bond donors (Lipinski definition) is 3. The average Bonchev–Trinajstić information content (AvgIpc) is 2.77. The smallest absolute Gasteiger partial charge is 0.407 e. The van der Waals surface area contributed by atoms with Crippen LogP contribution < -0.4 is 20.7 Å². The van der Waals surface area contributed by atoms with Crippen LogP contribution in [0, 0.1) is 0 Å². The zero-order chi connectivity index (χ0) is 26.0. The Kier molecular flexibility index (Phi) is 10.1. The van der Waals surface area contributed by atoms with Crippen molar-refractivity contribution in [2.24, 2.45) is 0 Å². The number of carbonyl (C=O) groups excluding carboxylic acids is 3. The highest BCUT2D eigenvalue weighted by Crippen LogP contribution is 2.27. The standard InChI is InChI=1S/C27H37N3O5/c1-18(2)22-12-7-8-13-23(22)34-19(3)25(32)30-21-11-9-10-20(16-21)17-29-24(31)14-15-28-26(33)35-27(4,5)6/h7-13,16,18-19H,14-15,17H2,1-6H3,(H,28,33)(H,29,31)(H,30,32). The van der Waals surface area contributed by atoms with E-state index in [1.807, 2.05) is 30.3 Å². The molecule has 8 heteroatoms.